The van der Waals surface area contributed by atoms with Crippen molar-refractivity contribution in [3.05, 3.63) is 0 Å². The van der Waals surface area contributed by atoms with Gasteiger partial charge in [0.05, 0.1) is 5.41 Å². The van der Waals surface area contributed by atoms with Gasteiger partial charge in [-0.25, -0.2) is 0 Å². The van der Waals surface area contributed by atoms with Gasteiger partial charge in [-0.05, 0) is 31.6 Å². The molecule has 0 saturated heterocycles. The zero-order valence-corrected chi connectivity index (χ0v) is 10.8. The van der Waals surface area contributed by atoms with Crippen molar-refractivity contribution in [1.29, 1.82) is 0 Å². The van der Waals surface area contributed by atoms with Gasteiger partial charge in [-0.1, -0.05) is 20.3 Å². The van der Waals surface area contributed by atoms with Crippen LogP contribution in [-0.4, -0.2) is 23.5 Å². The van der Waals surface area contributed by atoms with E-state index in [2.05, 4.69) is 5.32 Å². The first-order chi connectivity index (χ1) is 8.04. The second-order valence-corrected chi connectivity index (χ2v) is 5.07. The molecule has 1 rings (SSSR count). The Morgan fingerprint density at radius 2 is 1.88 bits per heavy atom. The number of hydrogen-bond acceptors (Lipinski definition) is 2. The van der Waals surface area contributed by atoms with Crippen LogP contribution in [0, 0.1) is 11.3 Å². The normalized spacial score (nSPS) is 16.4. The Morgan fingerprint density at radius 3 is 2.24 bits per heavy atom. The SMILES string of the molecule is CCC(CC)(CNC(=O)CC1CCC1)C(=O)O. The summed E-state index contributed by atoms with van der Waals surface area (Å²) in [6.45, 7) is 3.96. The maximum Gasteiger partial charge on any atom is 0.311 e. The molecule has 0 atom stereocenters. The molecule has 98 valence electrons. The van der Waals surface area contributed by atoms with Crippen LogP contribution in [0.15, 0.2) is 0 Å². The van der Waals surface area contributed by atoms with E-state index in [-0.39, 0.29) is 12.5 Å². The topological polar surface area (TPSA) is 66.4 Å². The van der Waals surface area contributed by atoms with Crippen LogP contribution < -0.4 is 5.32 Å². The average molecular weight is 241 g/mol. The van der Waals surface area contributed by atoms with Crippen molar-refractivity contribution in [3.8, 4) is 0 Å². The first-order valence-electron chi connectivity index (χ1n) is 6.54. The van der Waals surface area contributed by atoms with Crippen LogP contribution in [0.1, 0.15) is 52.4 Å². The summed E-state index contributed by atoms with van der Waals surface area (Å²) in [6, 6.07) is 0. The third-order valence-electron chi connectivity index (χ3n) is 4.13. The number of aliphatic carboxylic acids is 1. The van der Waals surface area contributed by atoms with Gasteiger partial charge in [0.1, 0.15) is 0 Å². The molecule has 1 saturated carbocycles. The number of carboxylic acids is 1. The molecule has 0 aromatic heterocycles. The van der Waals surface area contributed by atoms with Gasteiger partial charge >= 0.3 is 5.97 Å². The van der Waals surface area contributed by atoms with Crippen LogP contribution in [0.25, 0.3) is 0 Å². The van der Waals surface area contributed by atoms with Crippen LogP contribution in [0.2, 0.25) is 0 Å². The molecule has 1 fully saturated rings. The van der Waals surface area contributed by atoms with Crippen molar-refractivity contribution in [1.82, 2.24) is 5.32 Å². The van der Waals surface area contributed by atoms with Gasteiger partial charge in [-0.3, -0.25) is 9.59 Å². The van der Waals surface area contributed by atoms with E-state index in [0.29, 0.717) is 25.2 Å². The van der Waals surface area contributed by atoms with Crippen LogP contribution >= 0.6 is 0 Å². The van der Waals surface area contributed by atoms with Gasteiger partial charge in [0.2, 0.25) is 5.91 Å². The van der Waals surface area contributed by atoms with E-state index in [1.165, 1.54) is 6.42 Å². The van der Waals surface area contributed by atoms with E-state index in [0.717, 1.165) is 12.8 Å². The fraction of sp³-hybridized carbons (Fsp3) is 0.846. The summed E-state index contributed by atoms with van der Waals surface area (Å²) in [6.07, 6.45) is 5.15. The lowest BCUT2D eigenvalue weighted by molar-refractivity contribution is -0.149. The van der Waals surface area contributed by atoms with Crippen LogP contribution in [0.5, 0.6) is 0 Å². The molecule has 4 nitrogen and oxygen atoms in total. The quantitative estimate of drug-likeness (QED) is 0.718. The highest BCUT2D eigenvalue weighted by Gasteiger charge is 2.35. The number of carbonyl (C=O) groups excluding carboxylic acids is 1. The molecule has 1 aliphatic carbocycles. The highest BCUT2D eigenvalue weighted by Crippen LogP contribution is 2.29. The molecule has 17 heavy (non-hydrogen) atoms. The molecular weight excluding hydrogens is 218 g/mol. The second-order valence-electron chi connectivity index (χ2n) is 5.07. The number of hydrogen-bond donors (Lipinski definition) is 2. The predicted molar refractivity (Wildman–Crippen MR) is 65.6 cm³/mol. The number of carbonyl (C=O) groups is 2. The molecule has 0 aromatic carbocycles. The Bertz CT molecular complexity index is 280. The molecule has 0 aliphatic heterocycles. The largest absolute Gasteiger partial charge is 0.481 e. The minimum Gasteiger partial charge on any atom is -0.481 e. The van der Waals surface area contributed by atoms with Crippen LogP contribution in [-0.2, 0) is 9.59 Å². The van der Waals surface area contributed by atoms with Crippen molar-refractivity contribution < 1.29 is 14.7 Å². The van der Waals surface area contributed by atoms with Crippen molar-refractivity contribution in [2.75, 3.05) is 6.54 Å². The summed E-state index contributed by atoms with van der Waals surface area (Å²) in [4.78, 5) is 22.9. The monoisotopic (exact) mass is 241 g/mol. The van der Waals surface area contributed by atoms with Crippen LogP contribution in [0.4, 0.5) is 0 Å². The lowest BCUT2D eigenvalue weighted by atomic mass is 9.81. The molecule has 2 N–H and O–H groups in total. The fourth-order valence-corrected chi connectivity index (χ4v) is 2.18. The van der Waals surface area contributed by atoms with E-state index in [4.69, 9.17) is 0 Å². The minimum absolute atomic E-state index is 0.00206. The van der Waals surface area contributed by atoms with Gasteiger partial charge in [0.15, 0.2) is 0 Å². The van der Waals surface area contributed by atoms with Gasteiger partial charge in [0, 0.05) is 13.0 Å². The summed E-state index contributed by atoms with van der Waals surface area (Å²) in [7, 11) is 0. The van der Waals surface area contributed by atoms with Gasteiger partial charge in [-0.2, -0.15) is 0 Å². The first kappa shape index (κ1) is 14.0. The number of rotatable bonds is 7. The molecular formula is C13H23NO3. The summed E-state index contributed by atoms with van der Waals surface area (Å²) < 4.78 is 0. The molecule has 0 heterocycles. The van der Waals surface area contributed by atoms with Crippen molar-refractivity contribution in [2.24, 2.45) is 11.3 Å². The molecule has 1 aliphatic rings. The zero-order chi connectivity index (χ0) is 12.9. The lowest BCUT2D eigenvalue weighted by Crippen LogP contribution is -2.43. The highest BCUT2D eigenvalue weighted by molar-refractivity contribution is 5.79. The molecule has 0 radical (unpaired) electrons. The van der Waals surface area contributed by atoms with Crippen molar-refractivity contribution in [3.63, 3.8) is 0 Å². The van der Waals surface area contributed by atoms with E-state index >= 15 is 0 Å². The standard InChI is InChI=1S/C13H23NO3/c1-3-13(4-2,12(16)17)9-14-11(15)8-10-6-5-7-10/h10H,3-9H2,1-2H3,(H,14,15)(H,16,17). The Kier molecular flexibility index (Phi) is 4.97. The zero-order valence-electron chi connectivity index (χ0n) is 10.8. The highest BCUT2D eigenvalue weighted by atomic mass is 16.4. The van der Waals surface area contributed by atoms with E-state index in [1.54, 1.807) is 0 Å². The maximum atomic E-state index is 11.6. The van der Waals surface area contributed by atoms with Gasteiger partial charge in [0.25, 0.3) is 0 Å². The minimum atomic E-state index is -0.813. The lowest BCUT2D eigenvalue weighted by Gasteiger charge is -2.28. The molecule has 1 amide bonds. The summed E-state index contributed by atoms with van der Waals surface area (Å²) in [5.41, 5.74) is -0.796. The van der Waals surface area contributed by atoms with Gasteiger partial charge in [-0.15, -0.1) is 0 Å². The van der Waals surface area contributed by atoms with E-state index < -0.39 is 11.4 Å². The third-order valence-corrected chi connectivity index (χ3v) is 4.13. The predicted octanol–water partition coefficient (Wildman–Crippen LogP) is 2.18. The maximum absolute atomic E-state index is 11.6. The summed E-state index contributed by atoms with van der Waals surface area (Å²) >= 11 is 0. The Morgan fingerprint density at radius 1 is 1.29 bits per heavy atom. The van der Waals surface area contributed by atoms with Crippen molar-refractivity contribution >= 4 is 11.9 Å². The van der Waals surface area contributed by atoms with Crippen LogP contribution in [0.3, 0.4) is 0 Å². The number of amides is 1. The number of nitrogens with one attached hydrogen (secondary N) is 1. The molecule has 0 aromatic rings. The second kappa shape index (κ2) is 6.03. The summed E-state index contributed by atoms with van der Waals surface area (Å²) in [5, 5.41) is 12.0. The third kappa shape index (κ3) is 3.45. The fourth-order valence-electron chi connectivity index (χ4n) is 2.18. The molecule has 0 bridgehead atoms. The van der Waals surface area contributed by atoms with Gasteiger partial charge < -0.3 is 10.4 Å². The average Bonchev–Trinajstić information content (AvgIpc) is 2.25. The van der Waals surface area contributed by atoms with E-state index in [9.17, 15) is 14.7 Å². The first-order valence-corrected chi connectivity index (χ1v) is 6.54. The molecule has 0 spiro atoms. The molecule has 4 heteroatoms. The smallest absolute Gasteiger partial charge is 0.311 e. The Balaban J connectivity index is 2.40. The molecule has 0 unspecified atom stereocenters. The van der Waals surface area contributed by atoms with Crippen molar-refractivity contribution in [2.45, 2.75) is 52.4 Å². The Labute approximate surface area is 103 Å². The van der Waals surface area contributed by atoms with E-state index in [1.807, 2.05) is 13.8 Å². The summed E-state index contributed by atoms with van der Waals surface area (Å²) in [5.74, 6) is -0.286. The Hall–Kier alpha value is -1.06. The number of carboxylic acid groups (broad SMARTS) is 1.